The molecule has 0 spiro atoms. The van der Waals surface area contributed by atoms with Crippen LogP contribution in [0.4, 0.5) is 5.13 Å². The third kappa shape index (κ3) is 4.74. The fraction of sp³-hybridized carbons (Fsp3) is 0.273. The topological polar surface area (TPSA) is 158 Å². The van der Waals surface area contributed by atoms with Crippen LogP contribution in [0.25, 0.3) is 5.65 Å². The molecule has 0 saturated carbocycles. The summed E-state index contributed by atoms with van der Waals surface area (Å²) in [6.07, 6.45) is 5.58. The van der Waals surface area contributed by atoms with Crippen molar-refractivity contribution in [1.82, 2.24) is 19.6 Å². The molecule has 3 N–H and O–H groups in total. The Kier molecular flexibility index (Phi) is 7.04. The molecule has 2 atom stereocenters. The van der Waals surface area contributed by atoms with Crippen molar-refractivity contribution in [2.45, 2.75) is 18.0 Å². The number of anilines is 1. The zero-order chi connectivity index (χ0) is 26.1. The summed E-state index contributed by atoms with van der Waals surface area (Å²) in [5.41, 5.74) is 6.93. The summed E-state index contributed by atoms with van der Waals surface area (Å²) < 4.78 is 3.80. The number of oxime groups is 1. The second kappa shape index (κ2) is 10.4. The molecule has 0 unspecified atom stereocenters. The number of fused-ring (bicyclic) bond motifs is 2. The van der Waals surface area contributed by atoms with Gasteiger partial charge in [0, 0.05) is 22.8 Å². The van der Waals surface area contributed by atoms with Gasteiger partial charge < -0.3 is 25.8 Å². The van der Waals surface area contributed by atoms with E-state index in [0.29, 0.717) is 11.3 Å². The minimum Gasteiger partial charge on any atom is -0.543 e. The number of pyridine rings is 1. The first-order valence-corrected chi connectivity index (χ1v) is 13.5. The molecule has 15 heteroatoms. The second-order valence-corrected chi connectivity index (χ2v) is 10.4. The Morgan fingerprint density at radius 2 is 2.22 bits per heavy atom. The lowest BCUT2D eigenvalue weighted by Crippen LogP contribution is -2.71. The number of nitrogens with one attached hydrogen (secondary N) is 1. The van der Waals surface area contributed by atoms with Crippen molar-refractivity contribution < 1.29 is 28.9 Å². The van der Waals surface area contributed by atoms with Crippen molar-refractivity contribution in [1.29, 1.82) is 0 Å². The summed E-state index contributed by atoms with van der Waals surface area (Å²) in [5.74, 6) is -2.22. The number of β-lactam (4-membered cyclic amide) rings is 1. The van der Waals surface area contributed by atoms with Crippen molar-refractivity contribution in [3.8, 4) is 0 Å². The van der Waals surface area contributed by atoms with Crippen LogP contribution in [0.1, 0.15) is 5.69 Å². The minimum absolute atomic E-state index is 0.0598. The molecule has 5 heterocycles. The summed E-state index contributed by atoms with van der Waals surface area (Å²) in [7, 11) is 0. The van der Waals surface area contributed by atoms with E-state index in [9.17, 15) is 19.5 Å². The number of aliphatic carboxylic acids is 1. The lowest BCUT2D eigenvalue weighted by atomic mass is 10.0. The predicted molar refractivity (Wildman–Crippen MR) is 134 cm³/mol. The van der Waals surface area contributed by atoms with Crippen LogP contribution in [0.3, 0.4) is 0 Å². The number of aromatic nitrogens is 3. The number of hydrogen-bond acceptors (Lipinski definition) is 10. The Balaban J connectivity index is 1.36. The van der Waals surface area contributed by atoms with E-state index in [4.69, 9.17) is 22.2 Å². The van der Waals surface area contributed by atoms with E-state index >= 15 is 0 Å². The second-order valence-electron chi connectivity index (χ2n) is 8.03. The molecule has 12 nitrogen and oxygen atoms in total. The summed E-state index contributed by atoms with van der Waals surface area (Å²) in [4.78, 5) is 48.5. The van der Waals surface area contributed by atoms with Gasteiger partial charge >= 0.3 is 0 Å². The first-order valence-electron chi connectivity index (χ1n) is 11.0. The van der Waals surface area contributed by atoms with Gasteiger partial charge in [-0.2, -0.15) is 0 Å². The van der Waals surface area contributed by atoms with Gasteiger partial charge in [-0.15, -0.1) is 34.7 Å². The van der Waals surface area contributed by atoms with E-state index in [2.05, 4.69) is 15.5 Å². The largest absolute Gasteiger partial charge is 0.543 e. The van der Waals surface area contributed by atoms with Crippen molar-refractivity contribution in [3.63, 3.8) is 0 Å². The fourth-order valence-electron chi connectivity index (χ4n) is 4.13. The number of thiazole rings is 1. The predicted octanol–water partition coefficient (Wildman–Crippen LogP) is -0.671. The van der Waals surface area contributed by atoms with Crippen LogP contribution in [0.2, 0.25) is 0 Å². The number of thioether (sulfide) groups is 1. The highest BCUT2D eigenvalue weighted by atomic mass is 35.5. The number of imidazole rings is 1. The number of carboxylic acid groups (broad SMARTS) is 1. The van der Waals surface area contributed by atoms with Gasteiger partial charge in [0.15, 0.2) is 10.8 Å². The molecule has 3 aromatic heterocycles. The normalized spacial score (nSPS) is 19.5. The number of halogens is 1. The molecule has 0 bridgehead atoms. The van der Waals surface area contributed by atoms with Gasteiger partial charge in [0.05, 0.1) is 23.7 Å². The van der Waals surface area contributed by atoms with Crippen LogP contribution in [0, 0.1) is 0 Å². The van der Waals surface area contributed by atoms with Gasteiger partial charge in [0.1, 0.15) is 42.7 Å². The average Bonchev–Trinajstić information content (AvgIpc) is 3.50. The minimum atomic E-state index is -1.45. The van der Waals surface area contributed by atoms with Gasteiger partial charge in [-0.3, -0.25) is 14.5 Å². The zero-order valence-electron chi connectivity index (χ0n) is 19.1. The fourth-order valence-corrected chi connectivity index (χ4v) is 6.09. The van der Waals surface area contributed by atoms with Crippen molar-refractivity contribution in [2.24, 2.45) is 5.16 Å². The SMILES string of the molecule is Nc1nc(/C(=N/OCCCl)C(=O)N[C@@H]2C(=O)N3C(C(=O)[O-])=C(C[n+]4ccn5ccccc54)CS[C@H]23)cs1. The third-order valence-corrected chi connectivity index (χ3v) is 7.93. The van der Waals surface area contributed by atoms with E-state index in [-0.39, 0.29) is 41.3 Å². The molecule has 2 aliphatic rings. The highest BCUT2D eigenvalue weighted by Crippen LogP contribution is 2.40. The highest BCUT2D eigenvalue weighted by molar-refractivity contribution is 8.00. The summed E-state index contributed by atoms with van der Waals surface area (Å²) >= 11 is 8.08. The summed E-state index contributed by atoms with van der Waals surface area (Å²) in [5, 5.41) is 19.7. The number of nitrogens with two attached hydrogens (primary N) is 1. The number of carboxylic acids is 1. The Morgan fingerprint density at radius 3 is 2.95 bits per heavy atom. The van der Waals surface area contributed by atoms with Gasteiger partial charge in [-0.1, -0.05) is 11.2 Å². The molecular formula is C22H20ClN7O5S2. The Bertz CT molecular complexity index is 1450. The molecular weight excluding hydrogens is 542 g/mol. The number of carbonyl (C=O) groups excluding carboxylic acids is 3. The quantitative estimate of drug-likeness (QED) is 0.0869. The first kappa shape index (κ1) is 25.0. The molecule has 37 heavy (non-hydrogen) atoms. The average molecular weight is 562 g/mol. The van der Waals surface area contributed by atoms with Crippen LogP contribution in [0.5, 0.6) is 0 Å². The van der Waals surface area contributed by atoms with Gasteiger partial charge in [0.2, 0.25) is 0 Å². The maximum Gasteiger partial charge on any atom is 0.286 e. The molecule has 192 valence electrons. The molecule has 1 fully saturated rings. The number of alkyl halides is 1. The zero-order valence-corrected chi connectivity index (χ0v) is 21.5. The summed E-state index contributed by atoms with van der Waals surface area (Å²) in [6, 6.07) is 4.71. The van der Waals surface area contributed by atoms with Crippen LogP contribution in [0.15, 0.2) is 58.6 Å². The van der Waals surface area contributed by atoms with Crippen LogP contribution in [-0.4, -0.2) is 67.4 Å². The van der Waals surface area contributed by atoms with Crippen LogP contribution < -0.4 is 20.7 Å². The maximum absolute atomic E-state index is 13.1. The number of amides is 2. The number of nitrogens with zero attached hydrogens (tertiary/aromatic N) is 5. The van der Waals surface area contributed by atoms with Gasteiger partial charge in [-0.05, 0) is 6.07 Å². The number of rotatable bonds is 9. The number of carbonyl (C=O) groups is 3. The Labute approximate surface area is 223 Å². The van der Waals surface area contributed by atoms with Crippen LogP contribution >= 0.6 is 34.7 Å². The lowest BCUT2D eigenvalue weighted by Gasteiger charge is -2.50. The summed E-state index contributed by atoms with van der Waals surface area (Å²) in [6.45, 7) is 0.328. The molecule has 0 aliphatic carbocycles. The van der Waals surface area contributed by atoms with E-state index in [1.807, 2.05) is 45.8 Å². The monoisotopic (exact) mass is 561 g/mol. The molecule has 0 radical (unpaired) electrons. The standard InChI is InChI=1S/C22H20ClN7O5S2/c23-4-8-35-27-15(13-11-37-22(24)25-13)18(31)26-16-19(32)30-17(21(33)34)12(10-36-20(16)30)9-29-7-6-28-5-2-1-3-14(28)29/h1-3,5-7,11,16,20H,4,8-10H2,(H3-,24,25,26,31,33,34)/b27-15-/t16-,20-/m1/s1. The number of nitrogen functional groups attached to an aromatic ring is 1. The van der Waals surface area contributed by atoms with Crippen LogP contribution in [-0.2, 0) is 25.8 Å². The molecule has 2 aliphatic heterocycles. The smallest absolute Gasteiger partial charge is 0.286 e. The van der Waals surface area contributed by atoms with E-state index < -0.39 is 29.2 Å². The Hall–Kier alpha value is -3.62. The van der Waals surface area contributed by atoms with Crippen molar-refractivity contribution in [2.75, 3.05) is 24.0 Å². The Morgan fingerprint density at radius 1 is 1.38 bits per heavy atom. The van der Waals surface area contributed by atoms with E-state index in [1.165, 1.54) is 22.0 Å². The third-order valence-electron chi connectivity index (χ3n) is 5.76. The molecule has 0 aromatic carbocycles. The van der Waals surface area contributed by atoms with Gasteiger partial charge in [-0.25, -0.2) is 14.0 Å². The molecule has 3 aromatic rings. The van der Waals surface area contributed by atoms with Gasteiger partial charge in [0.25, 0.3) is 17.5 Å². The number of hydrogen-bond donors (Lipinski definition) is 2. The molecule has 5 rings (SSSR count). The first-order chi connectivity index (χ1) is 17.9. The molecule has 1 saturated heterocycles. The molecule has 2 amide bonds. The highest BCUT2D eigenvalue weighted by Gasteiger charge is 2.53. The van der Waals surface area contributed by atoms with Crippen molar-refractivity contribution >= 4 is 69.0 Å². The lowest BCUT2D eigenvalue weighted by molar-refractivity contribution is -0.662. The van der Waals surface area contributed by atoms with E-state index in [1.54, 1.807) is 0 Å². The van der Waals surface area contributed by atoms with Crippen molar-refractivity contribution in [3.05, 3.63) is 59.1 Å². The maximum atomic E-state index is 13.1. The van der Waals surface area contributed by atoms with E-state index in [0.717, 1.165) is 17.0 Å².